The zero-order valence-electron chi connectivity index (χ0n) is 11.0. The summed E-state index contributed by atoms with van der Waals surface area (Å²) in [4.78, 5) is 17.4. The smallest absolute Gasteiger partial charge is 0.253 e. The number of likely N-dealkylation sites (N-methyl/N-ethyl adjacent to an activating group) is 1. The van der Waals surface area contributed by atoms with Crippen LogP contribution >= 0.6 is 12.6 Å². The van der Waals surface area contributed by atoms with E-state index in [2.05, 4.69) is 31.6 Å². The van der Waals surface area contributed by atoms with Gasteiger partial charge in [0.05, 0.1) is 0 Å². The van der Waals surface area contributed by atoms with Crippen LogP contribution in [0.5, 0.6) is 0 Å². The first-order valence-electron chi connectivity index (χ1n) is 6.32. The molecule has 1 aromatic carbocycles. The number of amides is 1. The highest BCUT2D eigenvalue weighted by atomic mass is 32.1. The van der Waals surface area contributed by atoms with Crippen LogP contribution in [0.1, 0.15) is 23.2 Å². The standard InChI is InChI=1S/C14H20N2OS/c1-15(2)12-6-4-8-16(10-12)14(17)11-5-3-7-13(18)9-11/h3,5,7,9,12,18H,4,6,8,10H2,1-2H3. The first-order valence-corrected chi connectivity index (χ1v) is 6.77. The van der Waals surface area contributed by atoms with Crippen molar-refractivity contribution in [2.75, 3.05) is 27.2 Å². The highest BCUT2D eigenvalue weighted by molar-refractivity contribution is 7.80. The number of thiol groups is 1. The summed E-state index contributed by atoms with van der Waals surface area (Å²) in [6.45, 7) is 1.68. The summed E-state index contributed by atoms with van der Waals surface area (Å²) in [6, 6.07) is 7.94. The molecule has 1 aromatic rings. The Balaban J connectivity index is 2.09. The van der Waals surface area contributed by atoms with E-state index in [1.807, 2.05) is 29.2 Å². The number of nitrogens with zero attached hydrogens (tertiary/aromatic N) is 2. The van der Waals surface area contributed by atoms with Crippen LogP contribution in [0.15, 0.2) is 29.2 Å². The first-order chi connectivity index (χ1) is 8.58. The summed E-state index contributed by atoms with van der Waals surface area (Å²) < 4.78 is 0. The average Bonchev–Trinajstić information content (AvgIpc) is 2.38. The Kier molecular flexibility index (Phi) is 4.30. The third kappa shape index (κ3) is 3.06. The van der Waals surface area contributed by atoms with Gasteiger partial charge in [-0.05, 0) is 45.1 Å². The van der Waals surface area contributed by atoms with E-state index < -0.39 is 0 Å². The van der Waals surface area contributed by atoms with E-state index in [4.69, 9.17) is 0 Å². The molecule has 1 aliphatic rings. The van der Waals surface area contributed by atoms with E-state index in [1.165, 1.54) is 6.42 Å². The van der Waals surface area contributed by atoms with Crippen LogP contribution < -0.4 is 0 Å². The van der Waals surface area contributed by atoms with Crippen molar-refractivity contribution >= 4 is 18.5 Å². The summed E-state index contributed by atoms with van der Waals surface area (Å²) in [5.74, 6) is 0.123. The zero-order valence-corrected chi connectivity index (χ0v) is 11.9. The summed E-state index contributed by atoms with van der Waals surface area (Å²) in [6.07, 6.45) is 2.25. The molecule has 98 valence electrons. The lowest BCUT2D eigenvalue weighted by Gasteiger charge is -2.36. The van der Waals surface area contributed by atoms with Crippen molar-refractivity contribution in [3.05, 3.63) is 29.8 Å². The SMILES string of the molecule is CN(C)C1CCCN(C(=O)c2cccc(S)c2)C1. The van der Waals surface area contributed by atoms with Crippen molar-refractivity contribution < 1.29 is 4.79 Å². The van der Waals surface area contributed by atoms with Gasteiger partial charge in [0.15, 0.2) is 0 Å². The predicted molar refractivity (Wildman–Crippen MR) is 76.3 cm³/mol. The lowest BCUT2D eigenvalue weighted by Crippen LogP contribution is -2.47. The van der Waals surface area contributed by atoms with Crippen LogP contribution in [-0.2, 0) is 0 Å². The van der Waals surface area contributed by atoms with Gasteiger partial charge in [-0.2, -0.15) is 0 Å². The number of carbonyl (C=O) groups excluding carboxylic acids is 1. The van der Waals surface area contributed by atoms with Gasteiger partial charge in [-0.15, -0.1) is 12.6 Å². The van der Waals surface area contributed by atoms with E-state index >= 15 is 0 Å². The van der Waals surface area contributed by atoms with Crippen molar-refractivity contribution in [3.8, 4) is 0 Å². The minimum atomic E-state index is 0.123. The Morgan fingerprint density at radius 3 is 2.89 bits per heavy atom. The number of carbonyl (C=O) groups is 1. The Morgan fingerprint density at radius 1 is 1.44 bits per heavy atom. The van der Waals surface area contributed by atoms with Crippen LogP contribution in [0.4, 0.5) is 0 Å². The summed E-state index contributed by atoms with van der Waals surface area (Å²) >= 11 is 4.28. The van der Waals surface area contributed by atoms with Gasteiger partial charge >= 0.3 is 0 Å². The van der Waals surface area contributed by atoms with Gasteiger partial charge in [0, 0.05) is 29.6 Å². The number of benzene rings is 1. The number of hydrogen-bond donors (Lipinski definition) is 1. The molecule has 0 N–H and O–H groups in total. The fourth-order valence-electron chi connectivity index (χ4n) is 2.38. The molecule has 1 saturated heterocycles. The monoisotopic (exact) mass is 264 g/mol. The zero-order chi connectivity index (χ0) is 13.1. The third-order valence-corrected chi connectivity index (χ3v) is 3.79. The molecule has 2 rings (SSSR count). The molecule has 0 saturated carbocycles. The van der Waals surface area contributed by atoms with E-state index in [-0.39, 0.29) is 5.91 Å². The highest BCUT2D eigenvalue weighted by Gasteiger charge is 2.25. The fraction of sp³-hybridized carbons (Fsp3) is 0.500. The van der Waals surface area contributed by atoms with E-state index in [9.17, 15) is 4.79 Å². The van der Waals surface area contributed by atoms with Crippen molar-refractivity contribution in [2.45, 2.75) is 23.8 Å². The van der Waals surface area contributed by atoms with E-state index in [0.717, 1.165) is 30.0 Å². The maximum atomic E-state index is 12.4. The Bertz CT molecular complexity index is 434. The fourth-order valence-corrected chi connectivity index (χ4v) is 2.61. The molecule has 1 atom stereocenters. The third-order valence-electron chi connectivity index (χ3n) is 3.51. The van der Waals surface area contributed by atoms with Crippen LogP contribution in [0.3, 0.4) is 0 Å². The Hall–Kier alpha value is -1.00. The topological polar surface area (TPSA) is 23.6 Å². The number of piperidine rings is 1. The molecule has 1 unspecified atom stereocenters. The highest BCUT2D eigenvalue weighted by Crippen LogP contribution is 2.17. The van der Waals surface area contributed by atoms with Gasteiger partial charge in [0.1, 0.15) is 0 Å². The minimum absolute atomic E-state index is 0.123. The maximum Gasteiger partial charge on any atom is 0.253 e. The van der Waals surface area contributed by atoms with Gasteiger partial charge in [0.25, 0.3) is 5.91 Å². The van der Waals surface area contributed by atoms with Crippen LogP contribution in [0.2, 0.25) is 0 Å². The molecule has 1 aliphatic heterocycles. The van der Waals surface area contributed by atoms with E-state index in [0.29, 0.717) is 6.04 Å². The molecule has 1 heterocycles. The molecule has 0 aromatic heterocycles. The number of hydrogen-bond acceptors (Lipinski definition) is 3. The molecule has 18 heavy (non-hydrogen) atoms. The molecule has 1 amide bonds. The van der Waals surface area contributed by atoms with Crippen molar-refractivity contribution in [1.29, 1.82) is 0 Å². The Labute approximate surface area is 114 Å². The first kappa shape index (κ1) is 13.4. The number of likely N-dealkylation sites (tertiary alicyclic amines) is 1. The molecule has 0 aliphatic carbocycles. The van der Waals surface area contributed by atoms with Gasteiger partial charge in [-0.3, -0.25) is 4.79 Å². The van der Waals surface area contributed by atoms with Gasteiger partial charge in [-0.25, -0.2) is 0 Å². The number of rotatable bonds is 2. The average molecular weight is 264 g/mol. The lowest BCUT2D eigenvalue weighted by atomic mass is 10.0. The molecule has 1 fully saturated rings. The summed E-state index contributed by atoms with van der Waals surface area (Å²) in [5.41, 5.74) is 0.738. The molecule has 4 heteroatoms. The molecular formula is C14H20N2OS. The van der Waals surface area contributed by atoms with Crippen LogP contribution in [0, 0.1) is 0 Å². The normalized spacial score (nSPS) is 20.2. The van der Waals surface area contributed by atoms with Crippen molar-refractivity contribution in [3.63, 3.8) is 0 Å². The second kappa shape index (κ2) is 5.76. The van der Waals surface area contributed by atoms with Crippen LogP contribution in [0.25, 0.3) is 0 Å². The predicted octanol–water partition coefficient (Wildman–Crippen LogP) is 2.14. The summed E-state index contributed by atoms with van der Waals surface area (Å²) in [5, 5.41) is 0. The molecular weight excluding hydrogens is 244 g/mol. The molecule has 0 spiro atoms. The van der Waals surface area contributed by atoms with Gasteiger partial charge in [0.2, 0.25) is 0 Å². The second-order valence-corrected chi connectivity index (χ2v) is 5.58. The summed E-state index contributed by atoms with van der Waals surface area (Å²) in [7, 11) is 4.15. The minimum Gasteiger partial charge on any atom is -0.337 e. The largest absolute Gasteiger partial charge is 0.337 e. The Morgan fingerprint density at radius 2 is 2.22 bits per heavy atom. The quantitative estimate of drug-likeness (QED) is 0.827. The van der Waals surface area contributed by atoms with Crippen molar-refractivity contribution in [1.82, 2.24) is 9.80 Å². The van der Waals surface area contributed by atoms with Crippen LogP contribution in [-0.4, -0.2) is 48.9 Å². The van der Waals surface area contributed by atoms with Crippen molar-refractivity contribution in [2.24, 2.45) is 0 Å². The van der Waals surface area contributed by atoms with Gasteiger partial charge < -0.3 is 9.80 Å². The lowest BCUT2D eigenvalue weighted by molar-refractivity contribution is 0.0635. The molecule has 3 nitrogen and oxygen atoms in total. The van der Waals surface area contributed by atoms with Gasteiger partial charge in [-0.1, -0.05) is 6.07 Å². The second-order valence-electron chi connectivity index (χ2n) is 5.06. The molecule has 0 radical (unpaired) electrons. The maximum absolute atomic E-state index is 12.4. The van der Waals surface area contributed by atoms with E-state index in [1.54, 1.807) is 0 Å². The molecule has 0 bridgehead atoms.